The van der Waals surface area contributed by atoms with Crippen LogP contribution in [0.5, 0.6) is 0 Å². The molecule has 0 spiro atoms. The average molecular weight is 359 g/mol. The van der Waals surface area contributed by atoms with Crippen molar-refractivity contribution in [2.75, 3.05) is 12.4 Å². The third-order valence-corrected chi connectivity index (χ3v) is 5.18. The van der Waals surface area contributed by atoms with Crippen LogP contribution in [-0.4, -0.2) is 26.6 Å². The van der Waals surface area contributed by atoms with E-state index in [9.17, 15) is 0 Å². The van der Waals surface area contributed by atoms with Crippen LogP contribution in [0.1, 0.15) is 31.0 Å². The first-order valence-electron chi connectivity index (χ1n) is 9.49. The molecule has 1 aromatic carbocycles. The van der Waals surface area contributed by atoms with Crippen molar-refractivity contribution in [3.05, 3.63) is 48.2 Å². The minimum absolute atomic E-state index is 0.857. The van der Waals surface area contributed by atoms with E-state index in [1.165, 1.54) is 18.4 Å². The summed E-state index contributed by atoms with van der Waals surface area (Å²) >= 11 is 0. The Labute approximate surface area is 159 Å². The molecule has 27 heavy (non-hydrogen) atoms. The molecule has 3 heterocycles. The third kappa shape index (κ3) is 3.03. The first-order chi connectivity index (χ1) is 13.1. The zero-order valence-electron chi connectivity index (χ0n) is 16.4. The van der Waals surface area contributed by atoms with Gasteiger partial charge in [0.1, 0.15) is 5.82 Å². The molecule has 0 radical (unpaired) electrons. The Hall–Kier alpha value is -2.95. The second-order valence-corrected chi connectivity index (χ2v) is 7.11. The van der Waals surface area contributed by atoms with E-state index in [4.69, 9.17) is 9.97 Å². The smallest absolute Gasteiger partial charge is 0.126 e. The Morgan fingerprint density at radius 1 is 1.04 bits per heavy atom. The van der Waals surface area contributed by atoms with Gasteiger partial charge in [-0.25, -0.2) is 9.97 Å². The minimum atomic E-state index is 0.857. The van der Waals surface area contributed by atoms with Crippen molar-refractivity contribution in [1.82, 2.24) is 19.5 Å². The van der Waals surface area contributed by atoms with Crippen molar-refractivity contribution in [2.45, 2.75) is 33.1 Å². The number of fused-ring (bicyclic) bond motifs is 3. The number of hydrogen-bond donors (Lipinski definition) is 1. The zero-order chi connectivity index (χ0) is 19.0. The molecule has 5 nitrogen and oxygen atoms in total. The van der Waals surface area contributed by atoms with Crippen LogP contribution in [0.25, 0.3) is 32.9 Å². The van der Waals surface area contributed by atoms with Crippen molar-refractivity contribution in [3.63, 3.8) is 0 Å². The summed E-state index contributed by atoms with van der Waals surface area (Å²) in [5.41, 5.74) is 6.78. The van der Waals surface area contributed by atoms with E-state index in [1.807, 2.05) is 32.8 Å². The van der Waals surface area contributed by atoms with Gasteiger partial charge < -0.3 is 9.88 Å². The summed E-state index contributed by atoms with van der Waals surface area (Å²) in [7, 11) is 3.93. The Kier molecular flexibility index (Phi) is 4.52. The predicted octanol–water partition coefficient (Wildman–Crippen LogP) is 4.88. The van der Waals surface area contributed by atoms with E-state index in [-0.39, 0.29) is 0 Å². The fourth-order valence-electron chi connectivity index (χ4n) is 3.69. The third-order valence-electron chi connectivity index (χ3n) is 5.18. The van der Waals surface area contributed by atoms with E-state index < -0.39 is 0 Å². The molecular weight excluding hydrogens is 334 g/mol. The summed E-state index contributed by atoms with van der Waals surface area (Å²) in [5, 5.41) is 5.38. The Bertz CT molecular complexity index is 1130. The monoisotopic (exact) mass is 359 g/mol. The van der Waals surface area contributed by atoms with Gasteiger partial charge in [-0.1, -0.05) is 13.3 Å². The van der Waals surface area contributed by atoms with E-state index in [0.29, 0.717) is 0 Å². The molecule has 4 rings (SSSR count). The maximum Gasteiger partial charge on any atom is 0.126 e. The number of nitrogens with one attached hydrogen (secondary N) is 1. The van der Waals surface area contributed by atoms with Gasteiger partial charge >= 0.3 is 0 Å². The van der Waals surface area contributed by atoms with Gasteiger partial charge in [-0.15, -0.1) is 0 Å². The van der Waals surface area contributed by atoms with Crippen LogP contribution in [0.4, 0.5) is 5.82 Å². The highest BCUT2D eigenvalue weighted by Gasteiger charge is 2.15. The molecule has 1 N–H and O–H groups in total. The number of hydrogen-bond acceptors (Lipinski definition) is 4. The van der Waals surface area contributed by atoms with Gasteiger partial charge in [0.15, 0.2) is 0 Å². The molecule has 3 aromatic heterocycles. The molecule has 5 heteroatoms. The molecule has 0 unspecified atom stereocenters. The van der Waals surface area contributed by atoms with E-state index in [0.717, 1.165) is 50.9 Å². The number of anilines is 1. The van der Waals surface area contributed by atoms with Crippen molar-refractivity contribution in [2.24, 2.45) is 7.05 Å². The lowest BCUT2D eigenvalue weighted by atomic mass is 9.97. The van der Waals surface area contributed by atoms with E-state index in [1.54, 1.807) is 0 Å². The number of nitrogens with zero attached hydrogens (tertiary/aromatic N) is 4. The topological polar surface area (TPSA) is 55.6 Å². The minimum Gasteiger partial charge on any atom is -0.373 e. The lowest BCUT2D eigenvalue weighted by Crippen LogP contribution is -1.96. The maximum absolute atomic E-state index is 4.71. The van der Waals surface area contributed by atoms with Crippen molar-refractivity contribution in [3.8, 4) is 11.1 Å². The van der Waals surface area contributed by atoms with Gasteiger partial charge in [-0.3, -0.25) is 4.98 Å². The number of rotatable bonds is 5. The summed E-state index contributed by atoms with van der Waals surface area (Å²) < 4.78 is 2.08. The van der Waals surface area contributed by atoms with E-state index >= 15 is 0 Å². The van der Waals surface area contributed by atoms with Gasteiger partial charge in [-0.2, -0.15) is 0 Å². The molecule has 138 valence electrons. The van der Waals surface area contributed by atoms with Crippen molar-refractivity contribution >= 4 is 27.6 Å². The molecular formula is C22H25N5. The highest BCUT2D eigenvalue weighted by atomic mass is 15.0. The van der Waals surface area contributed by atoms with Gasteiger partial charge in [-0.05, 0) is 43.5 Å². The first-order valence-corrected chi connectivity index (χ1v) is 9.49. The molecule has 0 fully saturated rings. The summed E-state index contributed by atoms with van der Waals surface area (Å²) in [6.45, 7) is 4.37. The highest BCUT2D eigenvalue weighted by molar-refractivity contribution is 6.11. The molecule has 0 atom stereocenters. The molecule has 0 bridgehead atoms. The van der Waals surface area contributed by atoms with Gasteiger partial charge in [0.2, 0.25) is 0 Å². The Balaban J connectivity index is 1.94. The van der Waals surface area contributed by atoms with Crippen LogP contribution >= 0.6 is 0 Å². The Morgan fingerprint density at radius 3 is 2.63 bits per heavy atom. The maximum atomic E-state index is 4.71. The van der Waals surface area contributed by atoms with E-state index in [2.05, 4.69) is 46.9 Å². The number of aryl methyl sites for hydroxylation is 3. The highest BCUT2D eigenvalue weighted by Crippen LogP contribution is 2.35. The normalized spacial score (nSPS) is 11.4. The van der Waals surface area contributed by atoms with Crippen LogP contribution < -0.4 is 5.32 Å². The Morgan fingerprint density at radius 2 is 1.89 bits per heavy atom. The predicted molar refractivity (Wildman–Crippen MR) is 112 cm³/mol. The SMILES string of the molecule is CCCCc1cc(C)c(-c2cc3cnc(NC)cc3c3c2ncn3C)cn1. The molecule has 0 saturated carbocycles. The number of pyridine rings is 2. The summed E-state index contributed by atoms with van der Waals surface area (Å²) in [4.78, 5) is 13.9. The summed E-state index contributed by atoms with van der Waals surface area (Å²) in [5.74, 6) is 0.857. The largest absolute Gasteiger partial charge is 0.373 e. The summed E-state index contributed by atoms with van der Waals surface area (Å²) in [6.07, 6.45) is 9.20. The lowest BCUT2D eigenvalue weighted by molar-refractivity contribution is 0.776. The number of aromatic nitrogens is 4. The van der Waals surface area contributed by atoms with Gasteiger partial charge in [0.05, 0.1) is 17.4 Å². The van der Waals surface area contributed by atoms with Gasteiger partial charge in [0.25, 0.3) is 0 Å². The number of unbranched alkanes of at least 4 members (excludes halogenated alkanes) is 1. The van der Waals surface area contributed by atoms with Crippen molar-refractivity contribution in [1.29, 1.82) is 0 Å². The van der Waals surface area contributed by atoms with Crippen LogP contribution in [-0.2, 0) is 13.5 Å². The molecule has 0 aliphatic heterocycles. The second-order valence-electron chi connectivity index (χ2n) is 7.11. The molecule has 0 aliphatic rings. The quantitative estimate of drug-likeness (QED) is 0.552. The van der Waals surface area contributed by atoms with Crippen LogP contribution in [0.2, 0.25) is 0 Å². The number of imidazole rings is 1. The van der Waals surface area contributed by atoms with Crippen LogP contribution in [0.15, 0.2) is 36.9 Å². The lowest BCUT2D eigenvalue weighted by Gasteiger charge is -2.12. The fraction of sp³-hybridized carbons (Fsp3) is 0.318. The molecule has 0 aliphatic carbocycles. The molecule has 0 amide bonds. The summed E-state index contributed by atoms with van der Waals surface area (Å²) in [6, 6.07) is 6.49. The van der Waals surface area contributed by atoms with Gasteiger partial charge in [0, 0.05) is 54.1 Å². The van der Waals surface area contributed by atoms with Crippen molar-refractivity contribution < 1.29 is 0 Å². The molecule has 0 saturated heterocycles. The standard InChI is InChI=1S/C22H25N5/c1-5-6-7-16-8-14(2)19(12-24-16)18-9-15-11-25-20(23-3)10-17(15)22-21(18)26-13-27(22)4/h8-13H,5-7H2,1-4H3,(H,23,25). The zero-order valence-corrected chi connectivity index (χ0v) is 16.4. The fourth-order valence-corrected chi connectivity index (χ4v) is 3.69. The average Bonchev–Trinajstić information content (AvgIpc) is 3.08. The molecule has 4 aromatic rings. The number of benzene rings is 1. The second kappa shape index (κ2) is 6.99. The van der Waals surface area contributed by atoms with Crippen LogP contribution in [0.3, 0.4) is 0 Å². The first kappa shape index (κ1) is 17.5. The van der Waals surface area contributed by atoms with Crippen LogP contribution in [0, 0.1) is 6.92 Å².